The standard InChI is InChI=1S/C15H14F2N2O3S2/c16-12-4-3-11(10-13(12)17)15(20)18-5-7-19(8-6-18)24(21,22)14-2-1-9-23-14/h1-4,9-10H,5-8H2. The van der Waals surface area contributed by atoms with Crippen LogP contribution < -0.4 is 0 Å². The molecule has 128 valence electrons. The van der Waals surface area contributed by atoms with Gasteiger partial charge in [-0.1, -0.05) is 6.07 Å². The smallest absolute Gasteiger partial charge is 0.254 e. The first-order chi connectivity index (χ1) is 11.4. The molecule has 0 bridgehead atoms. The average Bonchev–Trinajstić information content (AvgIpc) is 3.12. The third-order valence-corrected chi connectivity index (χ3v) is 7.05. The topological polar surface area (TPSA) is 57.7 Å². The fourth-order valence-electron chi connectivity index (χ4n) is 2.48. The highest BCUT2D eigenvalue weighted by atomic mass is 32.2. The summed E-state index contributed by atoms with van der Waals surface area (Å²) in [4.78, 5) is 13.8. The zero-order valence-electron chi connectivity index (χ0n) is 12.5. The van der Waals surface area contributed by atoms with Crippen LogP contribution >= 0.6 is 11.3 Å². The van der Waals surface area contributed by atoms with E-state index in [2.05, 4.69) is 0 Å². The summed E-state index contributed by atoms with van der Waals surface area (Å²) in [5.41, 5.74) is 0.0449. The van der Waals surface area contributed by atoms with Gasteiger partial charge in [0.2, 0.25) is 0 Å². The Morgan fingerprint density at radius 1 is 1.04 bits per heavy atom. The van der Waals surface area contributed by atoms with Crippen LogP contribution in [0.2, 0.25) is 0 Å². The molecular formula is C15H14F2N2O3S2. The minimum absolute atomic E-state index is 0.0449. The van der Waals surface area contributed by atoms with Crippen LogP contribution in [0.4, 0.5) is 8.78 Å². The van der Waals surface area contributed by atoms with Gasteiger partial charge in [-0.15, -0.1) is 11.3 Å². The number of halogens is 2. The summed E-state index contributed by atoms with van der Waals surface area (Å²) in [7, 11) is -3.54. The van der Waals surface area contributed by atoms with Crippen molar-refractivity contribution in [1.82, 2.24) is 9.21 Å². The Kier molecular flexibility index (Phi) is 4.66. The lowest BCUT2D eigenvalue weighted by Gasteiger charge is -2.33. The number of hydrogen-bond donors (Lipinski definition) is 0. The SMILES string of the molecule is O=C(c1ccc(F)c(F)c1)N1CCN(S(=O)(=O)c2cccs2)CC1. The normalized spacial score (nSPS) is 16.3. The quantitative estimate of drug-likeness (QED) is 0.830. The van der Waals surface area contributed by atoms with Crippen LogP contribution in [0.5, 0.6) is 0 Å². The minimum atomic E-state index is -3.54. The molecule has 1 aromatic carbocycles. The summed E-state index contributed by atoms with van der Waals surface area (Å²) >= 11 is 1.14. The van der Waals surface area contributed by atoms with Gasteiger partial charge in [0.15, 0.2) is 11.6 Å². The van der Waals surface area contributed by atoms with E-state index in [1.54, 1.807) is 17.5 Å². The van der Waals surface area contributed by atoms with Crippen LogP contribution in [-0.2, 0) is 10.0 Å². The van der Waals surface area contributed by atoms with Crippen molar-refractivity contribution in [3.8, 4) is 0 Å². The van der Waals surface area contributed by atoms with Gasteiger partial charge >= 0.3 is 0 Å². The third kappa shape index (κ3) is 3.19. The van der Waals surface area contributed by atoms with E-state index in [9.17, 15) is 22.0 Å². The lowest BCUT2D eigenvalue weighted by Crippen LogP contribution is -2.50. The van der Waals surface area contributed by atoms with Gasteiger partial charge in [0.1, 0.15) is 4.21 Å². The highest BCUT2D eigenvalue weighted by Crippen LogP contribution is 2.22. The zero-order chi connectivity index (χ0) is 17.3. The number of nitrogens with zero attached hydrogens (tertiary/aromatic N) is 2. The van der Waals surface area contributed by atoms with E-state index in [-0.39, 0.29) is 36.0 Å². The average molecular weight is 372 g/mol. The molecule has 1 aromatic heterocycles. The lowest BCUT2D eigenvalue weighted by molar-refractivity contribution is 0.0697. The van der Waals surface area contributed by atoms with Crippen molar-refractivity contribution in [1.29, 1.82) is 0 Å². The van der Waals surface area contributed by atoms with E-state index in [1.165, 1.54) is 15.3 Å². The van der Waals surface area contributed by atoms with Crippen molar-refractivity contribution < 1.29 is 22.0 Å². The largest absolute Gasteiger partial charge is 0.336 e. The van der Waals surface area contributed by atoms with E-state index in [0.29, 0.717) is 0 Å². The van der Waals surface area contributed by atoms with Gasteiger partial charge in [0.25, 0.3) is 15.9 Å². The predicted octanol–water partition coefficient (Wildman–Crippen LogP) is 2.17. The Labute approximate surface area is 142 Å². The summed E-state index contributed by atoms with van der Waals surface area (Å²) in [6, 6.07) is 6.18. The molecule has 24 heavy (non-hydrogen) atoms. The number of carbonyl (C=O) groups excluding carboxylic acids is 1. The number of hydrogen-bond acceptors (Lipinski definition) is 4. The molecule has 0 atom stereocenters. The summed E-state index contributed by atoms with van der Waals surface area (Å²) in [5, 5.41) is 1.69. The van der Waals surface area contributed by atoms with Crippen LogP contribution in [-0.4, -0.2) is 49.7 Å². The van der Waals surface area contributed by atoms with Gasteiger partial charge in [-0.25, -0.2) is 17.2 Å². The maximum Gasteiger partial charge on any atom is 0.254 e. The van der Waals surface area contributed by atoms with Crippen molar-refractivity contribution >= 4 is 27.3 Å². The van der Waals surface area contributed by atoms with Crippen LogP contribution in [0.1, 0.15) is 10.4 Å². The van der Waals surface area contributed by atoms with Gasteiger partial charge in [-0.05, 0) is 29.6 Å². The van der Waals surface area contributed by atoms with Crippen LogP contribution in [0.3, 0.4) is 0 Å². The zero-order valence-corrected chi connectivity index (χ0v) is 14.1. The van der Waals surface area contributed by atoms with Crippen LogP contribution in [0.15, 0.2) is 39.9 Å². The first-order valence-corrected chi connectivity index (χ1v) is 9.49. The minimum Gasteiger partial charge on any atom is -0.336 e. The Morgan fingerprint density at radius 2 is 1.75 bits per heavy atom. The van der Waals surface area contributed by atoms with Crippen LogP contribution in [0.25, 0.3) is 0 Å². The molecule has 1 saturated heterocycles. The molecule has 1 aliphatic rings. The van der Waals surface area contributed by atoms with Gasteiger partial charge in [-0.3, -0.25) is 4.79 Å². The summed E-state index contributed by atoms with van der Waals surface area (Å²) in [5.74, 6) is -2.54. The number of amides is 1. The molecule has 2 aromatic rings. The first-order valence-electron chi connectivity index (χ1n) is 7.17. The Balaban J connectivity index is 1.69. The number of carbonyl (C=O) groups is 1. The van der Waals surface area contributed by atoms with Crippen molar-refractivity contribution in [2.45, 2.75) is 4.21 Å². The van der Waals surface area contributed by atoms with E-state index < -0.39 is 27.6 Å². The number of benzene rings is 1. The second kappa shape index (κ2) is 6.58. The van der Waals surface area contributed by atoms with E-state index in [1.807, 2.05) is 0 Å². The number of piperazine rings is 1. The number of rotatable bonds is 3. The molecule has 0 spiro atoms. The van der Waals surface area contributed by atoms with Gasteiger partial charge in [0.05, 0.1) is 0 Å². The third-order valence-electron chi connectivity index (χ3n) is 3.78. The molecular weight excluding hydrogens is 358 g/mol. The molecule has 0 radical (unpaired) electrons. The molecule has 0 saturated carbocycles. The van der Waals surface area contributed by atoms with Gasteiger partial charge < -0.3 is 4.90 Å². The number of thiophene rings is 1. The highest BCUT2D eigenvalue weighted by Gasteiger charge is 2.31. The first kappa shape index (κ1) is 17.0. The maximum absolute atomic E-state index is 13.3. The maximum atomic E-state index is 13.3. The number of sulfonamides is 1. The molecule has 1 aliphatic heterocycles. The van der Waals surface area contributed by atoms with E-state index in [0.717, 1.165) is 23.5 Å². The monoisotopic (exact) mass is 372 g/mol. The fourth-order valence-corrected chi connectivity index (χ4v) is 5.05. The molecule has 0 unspecified atom stereocenters. The van der Waals surface area contributed by atoms with E-state index >= 15 is 0 Å². The molecule has 9 heteroatoms. The molecule has 2 heterocycles. The predicted molar refractivity (Wildman–Crippen MR) is 85.3 cm³/mol. The van der Waals surface area contributed by atoms with Crippen molar-refractivity contribution in [3.05, 3.63) is 52.9 Å². The molecule has 3 rings (SSSR count). The van der Waals surface area contributed by atoms with Gasteiger partial charge in [-0.2, -0.15) is 4.31 Å². The lowest BCUT2D eigenvalue weighted by atomic mass is 10.1. The summed E-state index contributed by atoms with van der Waals surface area (Å²) in [6.07, 6.45) is 0. The molecule has 5 nitrogen and oxygen atoms in total. The second-order valence-electron chi connectivity index (χ2n) is 5.26. The fraction of sp³-hybridized carbons (Fsp3) is 0.267. The van der Waals surface area contributed by atoms with Crippen molar-refractivity contribution in [3.63, 3.8) is 0 Å². The Bertz CT molecular complexity index is 846. The second-order valence-corrected chi connectivity index (χ2v) is 8.37. The van der Waals surface area contributed by atoms with Crippen molar-refractivity contribution in [2.75, 3.05) is 26.2 Å². The summed E-state index contributed by atoms with van der Waals surface area (Å²) < 4.78 is 52.6. The highest BCUT2D eigenvalue weighted by molar-refractivity contribution is 7.91. The van der Waals surface area contributed by atoms with Crippen LogP contribution in [0, 0.1) is 11.6 Å². The molecule has 1 amide bonds. The van der Waals surface area contributed by atoms with Crippen molar-refractivity contribution in [2.24, 2.45) is 0 Å². The molecule has 0 N–H and O–H groups in total. The Morgan fingerprint density at radius 3 is 2.33 bits per heavy atom. The Hall–Kier alpha value is -1.84. The molecule has 0 aliphatic carbocycles. The summed E-state index contributed by atoms with van der Waals surface area (Å²) in [6.45, 7) is 0.718. The van der Waals surface area contributed by atoms with E-state index in [4.69, 9.17) is 0 Å². The molecule has 1 fully saturated rings. The van der Waals surface area contributed by atoms with Gasteiger partial charge in [0, 0.05) is 31.7 Å².